The van der Waals surface area contributed by atoms with E-state index >= 15 is 0 Å². The van der Waals surface area contributed by atoms with Gasteiger partial charge in [-0.3, -0.25) is 5.10 Å². The number of hydrogen-bond acceptors (Lipinski definition) is 4. The Labute approximate surface area is 237 Å². The predicted octanol–water partition coefficient (Wildman–Crippen LogP) is 8.39. The van der Waals surface area contributed by atoms with Gasteiger partial charge in [0.25, 0.3) is 0 Å². The Kier molecular flexibility index (Phi) is 7.15. The zero-order chi connectivity index (χ0) is 27.8. The van der Waals surface area contributed by atoms with Crippen LogP contribution in [0.1, 0.15) is 42.6 Å². The summed E-state index contributed by atoms with van der Waals surface area (Å²) in [6, 6.07) is 14.3. The number of aliphatic hydroxyl groups excluding tert-OH is 1. The zero-order valence-corrected chi connectivity index (χ0v) is 23.2. The number of halogens is 2. The molecule has 0 aliphatic carbocycles. The molecule has 0 saturated heterocycles. The minimum Gasteiger partial charge on any atom is -0.506 e. The van der Waals surface area contributed by atoms with Crippen LogP contribution in [0.3, 0.4) is 0 Å². The molecule has 0 unspecified atom stereocenters. The molecule has 206 valence electrons. The van der Waals surface area contributed by atoms with Gasteiger partial charge in [-0.15, -0.1) is 5.10 Å². The molecule has 0 saturated carbocycles. The normalized spacial score (nSPS) is 13.6. The van der Waals surface area contributed by atoms with Crippen LogP contribution in [0.25, 0.3) is 38.6 Å². The lowest BCUT2D eigenvalue weighted by Gasteiger charge is -2.14. The summed E-state index contributed by atoms with van der Waals surface area (Å²) in [6.45, 7) is 7.66. The van der Waals surface area contributed by atoms with E-state index in [1.807, 2.05) is 37.3 Å². The fourth-order valence-corrected chi connectivity index (χ4v) is 6.09. The van der Waals surface area contributed by atoms with E-state index in [1.165, 1.54) is 12.1 Å². The zero-order valence-electron chi connectivity index (χ0n) is 22.4. The van der Waals surface area contributed by atoms with Crippen molar-refractivity contribution in [1.29, 1.82) is 0 Å². The Bertz CT molecular complexity index is 1740. The van der Waals surface area contributed by atoms with Crippen LogP contribution in [0, 0.1) is 12.7 Å². The molecule has 40 heavy (non-hydrogen) atoms. The second kappa shape index (κ2) is 10.9. The molecule has 5 aromatic rings. The molecule has 2 N–H and O–H groups in total. The number of nitrogens with zero attached hydrogens (tertiary/aromatic N) is 2. The third-order valence-corrected chi connectivity index (χ3v) is 7.93. The number of rotatable bonds is 6. The van der Waals surface area contributed by atoms with Crippen LogP contribution in [0.15, 0.2) is 55.1 Å². The second-order valence-electron chi connectivity index (χ2n) is 10.3. The van der Waals surface area contributed by atoms with Gasteiger partial charge in [-0.25, -0.2) is 4.39 Å². The topological polar surface area (TPSA) is 72.3 Å². The van der Waals surface area contributed by atoms with Gasteiger partial charge in [0.2, 0.25) is 5.88 Å². The number of aliphatic hydroxyl groups is 1. The van der Waals surface area contributed by atoms with Crippen LogP contribution in [0.4, 0.5) is 4.39 Å². The van der Waals surface area contributed by atoms with Crippen molar-refractivity contribution in [2.75, 3.05) is 13.2 Å². The van der Waals surface area contributed by atoms with Crippen LogP contribution in [0.5, 0.6) is 11.6 Å². The minimum absolute atomic E-state index is 0.0283. The smallest absolute Gasteiger partial charge is 0.240 e. The maximum Gasteiger partial charge on any atom is 0.240 e. The molecular weight excluding hydrogens is 529 g/mol. The molecule has 3 heterocycles. The summed E-state index contributed by atoms with van der Waals surface area (Å²) in [5, 5.41) is 21.6. The molecule has 0 bridgehead atoms. The van der Waals surface area contributed by atoms with E-state index < -0.39 is 0 Å². The Morgan fingerprint density at radius 2 is 2.00 bits per heavy atom. The van der Waals surface area contributed by atoms with E-state index in [4.69, 9.17) is 21.1 Å². The molecule has 0 amide bonds. The van der Waals surface area contributed by atoms with Gasteiger partial charge in [0.05, 0.1) is 35.0 Å². The quantitative estimate of drug-likeness (QED) is 0.162. The first kappa shape index (κ1) is 26.3. The number of nitrogens with one attached hydrogen (secondary N) is 1. The van der Waals surface area contributed by atoms with Gasteiger partial charge < -0.3 is 19.1 Å². The van der Waals surface area contributed by atoms with Crippen molar-refractivity contribution in [1.82, 2.24) is 14.8 Å². The van der Waals surface area contributed by atoms with Crippen molar-refractivity contribution in [3.8, 4) is 22.8 Å². The lowest BCUT2D eigenvalue weighted by molar-refractivity contribution is 0.294. The van der Waals surface area contributed by atoms with Crippen molar-refractivity contribution < 1.29 is 19.0 Å². The van der Waals surface area contributed by atoms with Gasteiger partial charge in [-0.1, -0.05) is 36.4 Å². The van der Waals surface area contributed by atoms with Gasteiger partial charge in [-0.05, 0) is 80.3 Å². The van der Waals surface area contributed by atoms with E-state index in [-0.39, 0.29) is 11.6 Å². The fraction of sp³-hybridized carbons (Fsp3) is 0.281. The predicted molar refractivity (Wildman–Crippen MR) is 158 cm³/mol. The highest BCUT2D eigenvalue weighted by Crippen LogP contribution is 2.45. The molecule has 0 fully saturated rings. The van der Waals surface area contributed by atoms with Gasteiger partial charge in [0.1, 0.15) is 17.3 Å². The summed E-state index contributed by atoms with van der Waals surface area (Å²) >= 11 is 6.88. The van der Waals surface area contributed by atoms with Crippen molar-refractivity contribution in [2.45, 2.75) is 45.6 Å². The molecule has 0 spiro atoms. The molecule has 1 aliphatic rings. The molecular formula is C32H31ClFN3O3. The van der Waals surface area contributed by atoms with E-state index in [0.717, 1.165) is 74.8 Å². The largest absolute Gasteiger partial charge is 0.506 e. The monoisotopic (exact) mass is 559 g/mol. The molecule has 8 heteroatoms. The first-order chi connectivity index (χ1) is 19.4. The van der Waals surface area contributed by atoms with Crippen LogP contribution in [0.2, 0.25) is 5.02 Å². The summed E-state index contributed by atoms with van der Waals surface area (Å²) in [5.41, 5.74) is 5.22. The van der Waals surface area contributed by atoms with Crippen molar-refractivity contribution >= 4 is 39.0 Å². The van der Waals surface area contributed by atoms with Crippen LogP contribution in [-0.4, -0.2) is 33.1 Å². The first-order valence-corrected chi connectivity index (χ1v) is 14.0. The van der Waals surface area contributed by atoms with Crippen LogP contribution < -0.4 is 9.47 Å². The highest BCUT2D eigenvalue weighted by atomic mass is 35.5. The van der Waals surface area contributed by atoms with E-state index in [2.05, 4.69) is 21.3 Å². The number of hydrogen-bond donors (Lipinski definition) is 2. The number of aromatic amines is 1. The van der Waals surface area contributed by atoms with E-state index in [0.29, 0.717) is 43.5 Å². The van der Waals surface area contributed by atoms with E-state index in [9.17, 15) is 9.50 Å². The summed E-state index contributed by atoms with van der Waals surface area (Å²) < 4.78 is 28.1. The Morgan fingerprint density at radius 1 is 1.15 bits per heavy atom. The van der Waals surface area contributed by atoms with Gasteiger partial charge in [0, 0.05) is 28.6 Å². The number of H-pyrrole nitrogens is 1. The third kappa shape index (κ3) is 4.68. The fourth-order valence-electron chi connectivity index (χ4n) is 5.84. The maximum atomic E-state index is 13.7. The summed E-state index contributed by atoms with van der Waals surface area (Å²) in [7, 11) is 0. The standard InChI is InChI=1S/C32H31ClFN3O3/c1-19-28-29-26(33)14-13-25-24(9-7-17-39-27-10-6-8-21-18-22(34)11-12-23(21)27)30(20(2)38)37(31(25)29)15-4-3-5-16-40-32(28)36-35-19/h6,8,10-14,18,38H,2-5,7,9,15-17H2,1H3,(H,35,36). The number of aryl methyl sites for hydroxylation is 3. The van der Waals surface area contributed by atoms with Crippen molar-refractivity contribution in [3.63, 3.8) is 0 Å². The van der Waals surface area contributed by atoms with Crippen LogP contribution >= 0.6 is 11.6 Å². The SMILES string of the molecule is C=C(O)c1c(CCCOc2cccc3cc(F)ccc23)c2ccc(Cl)c3c2n1CCCCCOc1n[nH]c(C)c1-3. The van der Waals surface area contributed by atoms with Gasteiger partial charge >= 0.3 is 0 Å². The highest BCUT2D eigenvalue weighted by Gasteiger charge is 2.27. The Hall–Kier alpha value is -3.97. The Morgan fingerprint density at radius 3 is 2.85 bits per heavy atom. The molecule has 0 radical (unpaired) electrons. The summed E-state index contributed by atoms with van der Waals surface area (Å²) in [6.07, 6.45) is 4.16. The first-order valence-electron chi connectivity index (χ1n) is 13.6. The molecule has 1 aliphatic heterocycles. The van der Waals surface area contributed by atoms with Crippen molar-refractivity contribution in [3.05, 3.63) is 82.9 Å². The summed E-state index contributed by atoms with van der Waals surface area (Å²) in [4.78, 5) is 0. The average molecular weight is 560 g/mol. The van der Waals surface area contributed by atoms with Gasteiger partial charge in [-0.2, -0.15) is 0 Å². The lowest BCUT2D eigenvalue weighted by Crippen LogP contribution is -2.06. The molecule has 3 aromatic carbocycles. The second-order valence-corrected chi connectivity index (χ2v) is 10.7. The van der Waals surface area contributed by atoms with Gasteiger partial charge in [0.15, 0.2) is 0 Å². The number of fused-ring (bicyclic) bond motifs is 3. The van der Waals surface area contributed by atoms with Crippen LogP contribution in [-0.2, 0) is 13.0 Å². The number of benzene rings is 3. The highest BCUT2D eigenvalue weighted by molar-refractivity contribution is 6.35. The van der Waals surface area contributed by atoms with Crippen molar-refractivity contribution in [2.24, 2.45) is 0 Å². The summed E-state index contributed by atoms with van der Waals surface area (Å²) in [5.74, 6) is 1.02. The minimum atomic E-state index is -0.271. The van der Waals surface area contributed by atoms with E-state index in [1.54, 1.807) is 6.07 Å². The molecule has 6 rings (SSSR count). The number of ether oxygens (including phenoxy) is 2. The lowest BCUT2D eigenvalue weighted by atomic mass is 9.99. The molecule has 0 atom stereocenters. The molecule has 2 aromatic heterocycles. The third-order valence-electron chi connectivity index (χ3n) is 7.61. The Balaban J connectivity index is 1.39. The molecule has 6 nitrogen and oxygen atoms in total. The number of aromatic nitrogens is 3. The average Bonchev–Trinajstić information content (AvgIpc) is 3.44. The maximum absolute atomic E-state index is 13.7.